The van der Waals surface area contributed by atoms with Crippen molar-refractivity contribution in [3.63, 3.8) is 0 Å². The lowest BCUT2D eigenvalue weighted by Crippen LogP contribution is -2.57. The van der Waals surface area contributed by atoms with E-state index in [4.69, 9.17) is 15.7 Å². The number of rotatable bonds is 2. The molecule has 0 aliphatic heterocycles. The molecule has 18 heavy (non-hydrogen) atoms. The summed E-state index contributed by atoms with van der Waals surface area (Å²) in [6, 6.07) is 0. The maximum absolute atomic E-state index is 12.1. The molecule has 0 heterocycles. The fourth-order valence-corrected chi connectivity index (χ4v) is 2.32. The van der Waals surface area contributed by atoms with Crippen LogP contribution in [0.5, 0.6) is 0 Å². The van der Waals surface area contributed by atoms with Crippen LogP contribution in [0.2, 0.25) is 0 Å². The van der Waals surface area contributed by atoms with E-state index in [-0.39, 0.29) is 5.84 Å². The van der Waals surface area contributed by atoms with Crippen LogP contribution in [-0.4, -0.2) is 40.2 Å². The van der Waals surface area contributed by atoms with Crippen LogP contribution in [-0.2, 0) is 4.74 Å². The minimum Gasteiger partial charge on any atom is -0.444 e. The summed E-state index contributed by atoms with van der Waals surface area (Å²) in [5.41, 5.74) is 4.50. The van der Waals surface area contributed by atoms with Gasteiger partial charge in [-0.2, -0.15) is 0 Å². The number of nitrogens with two attached hydrogens (primary N) is 1. The maximum atomic E-state index is 12.1. The molecule has 6 heteroatoms. The molecule has 0 aromatic rings. The lowest BCUT2D eigenvalue weighted by atomic mass is 9.94. The van der Waals surface area contributed by atoms with Crippen molar-refractivity contribution in [2.24, 2.45) is 10.9 Å². The molecule has 1 saturated carbocycles. The molecule has 0 saturated heterocycles. The van der Waals surface area contributed by atoms with Gasteiger partial charge in [-0.25, -0.2) is 4.79 Å². The maximum Gasteiger partial charge on any atom is 0.410 e. The standard InChI is InChI=1S/C12H23N3O3/c1-11(2,3)18-10(16)15(4)12(9(13)14-17)7-5-6-8-12/h17H,5-8H2,1-4H3,(H2,13,14). The summed E-state index contributed by atoms with van der Waals surface area (Å²) < 4.78 is 5.33. The monoisotopic (exact) mass is 257 g/mol. The number of carbonyl (C=O) groups excluding carboxylic acids is 1. The van der Waals surface area contributed by atoms with Gasteiger partial charge in [0.1, 0.15) is 11.1 Å². The number of nitrogens with zero attached hydrogens (tertiary/aromatic N) is 2. The molecule has 1 aliphatic rings. The van der Waals surface area contributed by atoms with Crippen LogP contribution < -0.4 is 5.73 Å². The molecule has 0 atom stereocenters. The first kappa shape index (κ1) is 14.6. The molecular formula is C12H23N3O3. The van der Waals surface area contributed by atoms with Crippen molar-refractivity contribution in [1.29, 1.82) is 0 Å². The number of amides is 1. The molecule has 0 radical (unpaired) electrons. The molecule has 1 rings (SSSR count). The molecule has 1 fully saturated rings. The van der Waals surface area contributed by atoms with Gasteiger partial charge in [0.15, 0.2) is 5.84 Å². The highest BCUT2D eigenvalue weighted by molar-refractivity contribution is 5.93. The normalized spacial score (nSPS) is 19.7. The number of likely N-dealkylation sites (N-methyl/N-ethyl adjacent to an activating group) is 1. The van der Waals surface area contributed by atoms with E-state index < -0.39 is 17.2 Å². The quantitative estimate of drug-likeness (QED) is 0.342. The first-order valence-electron chi connectivity index (χ1n) is 6.18. The third-order valence-electron chi connectivity index (χ3n) is 3.32. The van der Waals surface area contributed by atoms with E-state index in [1.165, 1.54) is 4.90 Å². The number of carbonyl (C=O) groups is 1. The molecule has 3 N–H and O–H groups in total. The Labute approximate surface area is 108 Å². The van der Waals surface area contributed by atoms with Crippen molar-refractivity contribution in [3.8, 4) is 0 Å². The van der Waals surface area contributed by atoms with Gasteiger partial charge in [0.05, 0.1) is 0 Å². The van der Waals surface area contributed by atoms with Crippen LogP contribution in [0.15, 0.2) is 5.16 Å². The van der Waals surface area contributed by atoms with Gasteiger partial charge in [-0.05, 0) is 33.6 Å². The van der Waals surface area contributed by atoms with Gasteiger partial charge in [-0.3, -0.25) is 4.90 Å². The Morgan fingerprint density at radius 1 is 1.39 bits per heavy atom. The second-order valence-corrected chi connectivity index (χ2v) is 5.76. The summed E-state index contributed by atoms with van der Waals surface area (Å²) in [7, 11) is 1.64. The predicted octanol–water partition coefficient (Wildman–Crippen LogP) is 1.91. The van der Waals surface area contributed by atoms with Crippen molar-refractivity contribution in [1.82, 2.24) is 4.90 Å². The molecule has 0 unspecified atom stereocenters. The van der Waals surface area contributed by atoms with Gasteiger partial charge in [0.25, 0.3) is 0 Å². The smallest absolute Gasteiger partial charge is 0.410 e. The van der Waals surface area contributed by atoms with E-state index >= 15 is 0 Å². The Hall–Kier alpha value is -1.46. The van der Waals surface area contributed by atoms with Gasteiger partial charge < -0.3 is 15.7 Å². The average molecular weight is 257 g/mol. The Kier molecular flexibility index (Phi) is 4.09. The van der Waals surface area contributed by atoms with E-state index in [0.717, 1.165) is 12.8 Å². The second kappa shape index (κ2) is 5.04. The number of amidine groups is 1. The molecular weight excluding hydrogens is 234 g/mol. The molecule has 1 aliphatic carbocycles. The molecule has 0 aromatic carbocycles. The SMILES string of the molecule is CN(C(=O)OC(C)(C)C)C1(C(N)=NO)CCCC1. The van der Waals surface area contributed by atoms with Crippen LogP contribution in [0, 0.1) is 0 Å². The fraction of sp³-hybridized carbons (Fsp3) is 0.833. The minimum atomic E-state index is -0.711. The fourth-order valence-electron chi connectivity index (χ4n) is 2.32. The predicted molar refractivity (Wildman–Crippen MR) is 68.6 cm³/mol. The third-order valence-corrected chi connectivity index (χ3v) is 3.32. The zero-order chi connectivity index (χ0) is 14.0. The molecule has 0 spiro atoms. The highest BCUT2D eigenvalue weighted by Crippen LogP contribution is 2.35. The largest absolute Gasteiger partial charge is 0.444 e. The molecule has 1 amide bonds. The van der Waals surface area contributed by atoms with E-state index in [2.05, 4.69) is 5.16 Å². The van der Waals surface area contributed by atoms with Gasteiger partial charge in [0.2, 0.25) is 0 Å². The second-order valence-electron chi connectivity index (χ2n) is 5.76. The topological polar surface area (TPSA) is 88.2 Å². The number of hydrogen-bond acceptors (Lipinski definition) is 4. The molecule has 6 nitrogen and oxygen atoms in total. The Morgan fingerprint density at radius 3 is 2.28 bits per heavy atom. The van der Waals surface area contributed by atoms with Crippen molar-refractivity contribution in [2.45, 2.75) is 57.6 Å². The average Bonchev–Trinajstić information content (AvgIpc) is 2.74. The zero-order valence-electron chi connectivity index (χ0n) is 11.6. The summed E-state index contributed by atoms with van der Waals surface area (Å²) in [6.45, 7) is 5.43. The van der Waals surface area contributed by atoms with Crippen LogP contribution >= 0.6 is 0 Å². The van der Waals surface area contributed by atoms with Crippen molar-refractivity contribution >= 4 is 11.9 Å². The van der Waals surface area contributed by atoms with E-state index in [9.17, 15) is 4.79 Å². The van der Waals surface area contributed by atoms with Crippen molar-refractivity contribution < 1.29 is 14.7 Å². The van der Waals surface area contributed by atoms with E-state index in [1.807, 2.05) is 20.8 Å². The van der Waals surface area contributed by atoms with Gasteiger partial charge in [-0.15, -0.1) is 0 Å². The number of hydrogen-bond donors (Lipinski definition) is 2. The van der Waals surface area contributed by atoms with E-state index in [1.54, 1.807) is 7.05 Å². The van der Waals surface area contributed by atoms with Gasteiger partial charge >= 0.3 is 6.09 Å². The van der Waals surface area contributed by atoms with Crippen LogP contribution in [0.1, 0.15) is 46.5 Å². The highest BCUT2D eigenvalue weighted by atomic mass is 16.6. The third kappa shape index (κ3) is 2.86. The summed E-state index contributed by atoms with van der Waals surface area (Å²) in [5.74, 6) is 0.0772. The van der Waals surface area contributed by atoms with E-state index in [0.29, 0.717) is 12.8 Å². The van der Waals surface area contributed by atoms with Crippen LogP contribution in [0.25, 0.3) is 0 Å². The summed E-state index contributed by atoms with van der Waals surface area (Å²) in [6.07, 6.45) is 2.83. The Bertz CT molecular complexity index is 341. The molecule has 0 aromatic heterocycles. The van der Waals surface area contributed by atoms with Crippen molar-refractivity contribution in [2.75, 3.05) is 7.05 Å². The summed E-state index contributed by atoms with van der Waals surface area (Å²) in [4.78, 5) is 13.5. The minimum absolute atomic E-state index is 0.0772. The molecule has 0 bridgehead atoms. The molecule has 104 valence electrons. The number of ether oxygens (including phenoxy) is 1. The first-order chi connectivity index (χ1) is 8.23. The highest BCUT2D eigenvalue weighted by Gasteiger charge is 2.45. The van der Waals surface area contributed by atoms with Crippen LogP contribution in [0.3, 0.4) is 0 Å². The lowest BCUT2D eigenvalue weighted by molar-refractivity contribution is 0.0159. The lowest BCUT2D eigenvalue weighted by Gasteiger charge is -2.38. The van der Waals surface area contributed by atoms with Crippen LogP contribution in [0.4, 0.5) is 4.79 Å². The van der Waals surface area contributed by atoms with Gasteiger partial charge in [0, 0.05) is 7.05 Å². The summed E-state index contributed by atoms with van der Waals surface area (Å²) >= 11 is 0. The first-order valence-corrected chi connectivity index (χ1v) is 6.18. The Morgan fingerprint density at radius 2 is 1.89 bits per heavy atom. The number of oxime groups is 1. The zero-order valence-corrected chi connectivity index (χ0v) is 11.6. The Balaban J connectivity index is 2.91. The van der Waals surface area contributed by atoms with Gasteiger partial charge in [-0.1, -0.05) is 18.0 Å². The van der Waals surface area contributed by atoms with Crippen molar-refractivity contribution in [3.05, 3.63) is 0 Å². The summed E-state index contributed by atoms with van der Waals surface area (Å²) in [5, 5.41) is 12.0.